The van der Waals surface area contributed by atoms with Gasteiger partial charge in [-0.1, -0.05) is 19.6 Å². The maximum absolute atomic E-state index is 12.5. The topological polar surface area (TPSA) is 66.9 Å². The van der Waals surface area contributed by atoms with Crippen molar-refractivity contribution in [2.24, 2.45) is 0 Å². The lowest BCUT2D eigenvalue weighted by molar-refractivity contribution is -0.0881. The van der Waals surface area contributed by atoms with Crippen molar-refractivity contribution >= 4 is 19.9 Å². The maximum atomic E-state index is 12.5. The zero-order valence-electron chi connectivity index (χ0n) is 17.3. The minimum absolute atomic E-state index is 0.0413. The zero-order valence-corrected chi connectivity index (χ0v) is 18.3. The molecule has 1 N–H and O–H groups in total. The second kappa shape index (κ2) is 7.65. The van der Waals surface area contributed by atoms with Crippen LogP contribution in [0.3, 0.4) is 0 Å². The third-order valence-corrected chi connectivity index (χ3v) is 7.57. The van der Waals surface area contributed by atoms with Crippen molar-refractivity contribution in [3.63, 3.8) is 0 Å². The molecule has 3 aliphatic heterocycles. The number of nitrogens with zero attached hydrogens (tertiary/aromatic N) is 3. The van der Waals surface area contributed by atoms with Gasteiger partial charge < -0.3 is 24.6 Å². The molecule has 0 radical (unpaired) electrons. The summed E-state index contributed by atoms with van der Waals surface area (Å²) in [4.78, 5) is 21.4. The van der Waals surface area contributed by atoms with Gasteiger partial charge in [0.1, 0.15) is 5.60 Å². The molecule has 0 saturated carbocycles. The second-order valence-electron chi connectivity index (χ2n) is 9.45. The molecule has 154 valence electrons. The first-order chi connectivity index (χ1) is 13.3. The number of anilines is 1. The molecule has 3 aliphatic rings. The number of pyridine rings is 1. The summed E-state index contributed by atoms with van der Waals surface area (Å²) in [7, 11) is -1.19. The number of nitrogens with one attached hydrogen (secondary N) is 1. The molecule has 0 unspecified atom stereocenters. The quantitative estimate of drug-likeness (QED) is 0.775. The molecule has 0 atom stereocenters. The zero-order chi connectivity index (χ0) is 19.8. The Morgan fingerprint density at radius 1 is 1.36 bits per heavy atom. The molecule has 1 aromatic rings. The van der Waals surface area contributed by atoms with Crippen molar-refractivity contribution in [2.45, 2.75) is 44.3 Å². The number of hydrogen-bond acceptors (Lipinski definition) is 6. The average molecular weight is 405 g/mol. The van der Waals surface area contributed by atoms with Crippen molar-refractivity contribution in [2.75, 3.05) is 50.8 Å². The minimum Gasteiger partial charge on any atom is -0.450 e. The van der Waals surface area contributed by atoms with Gasteiger partial charge in [-0.05, 0) is 17.7 Å². The highest BCUT2D eigenvalue weighted by molar-refractivity contribution is 6.76. The predicted octanol–water partition coefficient (Wildman–Crippen LogP) is 2.09. The van der Waals surface area contributed by atoms with Crippen LogP contribution in [0.4, 0.5) is 10.5 Å². The number of fused-ring (bicyclic) bond motifs is 1. The van der Waals surface area contributed by atoms with Crippen LogP contribution in [0.2, 0.25) is 25.7 Å². The summed E-state index contributed by atoms with van der Waals surface area (Å²) in [5.74, 6) is 0. The monoisotopic (exact) mass is 404 g/mol. The lowest BCUT2D eigenvalue weighted by atomic mass is 9.94. The van der Waals surface area contributed by atoms with Gasteiger partial charge in [0.05, 0.1) is 31.6 Å². The molecule has 2 fully saturated rings. The van der Waals surface area contributed by atoms with E-state index in [0.717, 1.165) is 62.2 Å². The Kier molecular flexibility index (Phi) is 5.37. The second-order valence-corrected chi connectivity index (χ2v) is 15.1. The van der Waals surface area contributed by atoms with Crippen LogP contribution in [-0.2, 0) is 22.4 Å². The summed E-state index contributed by atoms with van der Waals surface area (Å²) in [6.07, 6.45) is 2.57. The molecule has 1 aromatic heterocycles. The van der Waals surface area contributed by atoms with E-state index in [1.807, 2.05) is 11.1 Å². The molecule has 2 saturated heterocycles. The van der Waals surface area contributed by atoms with Crippen LogP contribution in [0.15, 0.2) is 12.3 Å². The van der Waals surface area contributed by atoms with E-state index in [4.69, 9.17) is 14.5 Å². The minimum atomic E-state index is -1.19. The molecule has 4 heterocycles. The highest BCUT2D eigenvalue weighted by Crippen LogP contribution is 2.28. The smallest absolute Gasteiger partial charge is 0.410 e. The van der Waals surface area contributed by atoms with Crippen LogP contribution < -0.4 is 10.2 Å². The fraction of sp³-hybridized carbons (Fsp3) is 0.700. The van der Waals surface area contributed by atoms with Crippen LogP contribution in [0.25, 0.3) is 0 Å². The molecule has 7 nitrogen and oxygen atoms in total. The first-order valence-corrected chi connectivity index (χ1v) is 14.0. The first kappa shape index (κ1) is 19.7. The lowest BCUT2D eigenvalue weighted by Gasteiger charge is -2.49. The molecular formula is C20H32N4O3Si. The fourth-order valence-corrected chi connectivity index (χ4v) is 4.68. The molecule has 0 aliphatic carbocycles. The van der Waals surface area contributed by atoms with E-state index in [2.05, 4.69) is 35.9 Å². The van der Waals surface area contributed by atoms with Crippen molar-refractivity contribution in [1.29, 1.82) is 0 Å². The van der Waals surface area contributed by atoms with Gasteiger partial charge in [-0.2, -0.15) is 0 Å². The van der Waals surface area contributed by atoms with Gasteiger partial charge in [0.2, 0.25) is 0 Å². The van der Waals surface area contributed by atoms with E-state index in [1.54, 1.807) is 0 Å². The van der Waals surface area contributed by atoms with Crippen LogP contribution >= 0.6 is 0 Å². The van der Waals surface area contributed by atoms with E-state index in [0.29, 0.717) is 19.7 Å². The third kappa shape index (κ3) is 4.34. The molecule has 1 spiro atoms. The van der Waals surface area contributed by atoms with Crippen molar-refractivity contribution in [3.8, 4) is 0 Å². The Morgan fingerprint density at radius 2 is 2.18 bits per heavy atom. The fourth-order valence-electron chi connectivity index (χ4n) is 3.96. The summed E-state index contributed by atoms with van der Waals surface area (Å²) >= 11 is 0. The SMILES string of the molecule is C[Si](C)(C)CCOC(=O)N1CCc2ncc(N3CCOC4(CNC4)C3)cc2C1. The number of rotatable bonds is 4. The van der Waals surface area contributed by atoms with Gasteiger partial charge in [-0.3, -0.25) is 4.98 Å². The van der Waals surface area contributed by atoms with Crippen LogP contribution in [-0.4, -0.2) is 75.6 Å². The Morgan fingerprint density at radius 3 is 2.89 bits per heavy atom. The van der Waals surface area contributed by atoms with Gasteiger partial charge in [0, 0.05) is 52.9 Å². The number of carbonyl (C=O) groups excluding carboxylic acids is 1. The Bertz CT molecular complexity index is 733. The van der Waals surface area contributed by atoms with E-state index >= 15 is 0 Å². The van der Waals surface area contributed by atoms with Crippen molar-refractivity contribution in [1.82, 2.24) is 15.2 Å². The lowest BCUT2D eigenvalue weighted by Crippen LogP contribution is -2.69. The molecule has 4 rings (SSSR count). The van der Waals surface area contributed by atoms with Gasteiger partial charge in [-0.15, -0.1) is 0 Å². The van der Waals surface area contributed by atoms with E-state index < -0.39 is 8.07 Å². The standard InChI is InChI=1S/C20H32N4O3Si/c1-28(2,3)9-8-26-19(25)23-5-4-18-16(12-23)10-17(11-22-18)24-6-7-27-20(15-24)13-21-14-20/h10-11,21H,4-9,12-15H2,1-3H3. The number of hydrogen-bond donors (Lipinski definition) is 1. The molecular weight excluding hydrogens is 372 g/mol. The average Bonchev–Trinajstić information content (AvgIpc) is 2.65. The molecule has 0 aromatic carbocycles. The summed E-state index contributed by atoms with van der Waals surface area (Å²) in [5, 5.41) is 3.31. The predicted molar refractivity (Wildman–Crippen MR) is 112 cm³/mol. The Balaban J connectivity index is 1.39. The van der Waals surface area contributed by atoms with E-state index in [9.17, 15) is 4.79 Å². The molecule has 1 amide bonds. The molecule has 0 bridgehead atoms. The number of carbonyl (C=O) groups is 1. The van der Waals surface area contributed by atoms with Gasteiger partial charge in [0.15, 0.2) is 0 Å². The number of aromatic nitrogens is 1. The first-order valence-electron chi connectivity index (χ1n) is 10.3. The summed E-state index contributed by atoms with van der Waals surface area (Å²) in [5.41, 5.74) is 3.32. The van der Waals surface area contributed by atoms with Crippen LogP contribution in [0.1, 0.15) is 11.3 Å². The Labute approximate surface area is 168 Å². The normalized spacial score (nSPS) is 21.2. The largest absolute Gasteiger partial charge is 0.450 e. The van der Waals surface area contributed by atoms with E-state index in [-0.39, 0.29) is 11.7 Å². The highest BCUT2D eigenvalue weighted by atomic mass is 28.3. The van der Waals surface area contributed by atoms with Crippen molar-refractivity contribution in [3.05, 3.63) is 23.5 Å². The Hall–Kier alpha value is -1.64. The van der Waals surface area contributed by atoms with Gasteiger partial charge >= 0.3 is 6.09 Å². The summed E-state index contributed by atoms with van der Waals surface area (Å²) < 4.78 is 11.5. The third-order valence-electron chi connectivity index (χ3n) is 5.87. The number of morpholine rings is 1. The van der Waals surface area contributed by atoms with Gasteiger partial charge in [0.25, 0.3) is 0 Å². The molecule has 28 heavy (non-hydrogen) atoms. The van der Waals surface area contributed by atoms with E-state index in [1.165, 1.54) is 0 Å². The van der Waals surface area contributed by atoms with Crippen LogP contribution in [0, 0.1) is 0 Å². The van der Waals surface area contributed by atoms with Crippen molar-refractivity contribution < 1.29 is 14.3 Å². The summed E-state index contributed by atoms with van der Waals surface area (Å²) in [6, 6.07) is 3.21. The highest BCUT2D eigenvalue weighted by Gasteiger charge is 2.42. The van der Waals surface area contributed by atoms with Crippen LogP contribution in [0.5, 0.6) is 0 Å². The van der Waals surface area contributed by atoms with Gasteiger partial charge in [-0.25, -0.2) is 4.79 Å². The number of ether oxygens (including phenoxy) is 2. The maximum Gasteiger partial charge on any atom is 0.410 e. The molecule has 8 heteroatoms. The number of amides is 1. The summed E-state index contributed by atoms with van der Waals surface area (Å²) in [6.45, 7) is 13.0.